The number of halogens is 1. The van der Waals surface area contributed by atoms with Crippen molar-refractivity contribution < 1.29 is 0 Å². The molecule has 0 aliphatic heterocycles. The average Bonchev–Trinajstić information content (AvgIpc) is 3.14. The van der Waals surface area contributed by atoms with Crippen LogP contribution in [0, 0.1) is 0 Å². The highest BCUT2D eigenvalue weighted by molar-refractivity contribution is 7.10. The first-order valence-corrected chi connectivity index (χ1v) is 8.10. The maximum Gasteiger partial charge on any atom is 0.159 e. The van der Waals surface area contributed by atoms with Gasteiger partial charge >= 0.3 is 0 Å². The van der Waals surface area contributed by atoms with E-state index in [2.05, 4.69) is 41.0 Å². The lowest BCUT2D eigenvalue weighted by Crippen LogP contribution is -2.11. The Kier molecular flexibility index (Phi) is 3.56. The number of aromatic nitrogens is 4. The van der Waals surface area contributed by atoms with Gasteiger partial charge in [0.2, 0.25) is 0 Å². The third-order valence-corrected chi connectivity index (χ3v) is 4.89. The molecule has 0 spiro atoms. The third-order valence-electron chi connectivity index (χ3n) is 3.61. The zero-order valence-electron chi connectivity index (χ0n) is 11.8. The number of hydrogen-bond acceptors (Lipinski definition) is 3. The third kappa shape index (κ3) is 1.96. The molecule has 0 aliphatic rings. The molecule has 6 heteroatoms. The molecule has 3 aromatic heterocycles. The van der Waals surface area contributed by atoms with Crippen LogP contribution in [-0.2, 0) is 19.3 Å². The molecule has 3 aromatic rings. The second kappa shape index (κ2) is 5.22. The summed E-state index contributed by atoms with van der Waals surface area (Å²) in [5.41, 5.74) is 3.07. The van der Waals surface area contributed by atoms with Gasteiger partial charge < -0.3 is 4.57 Å². The lowest BCUT2D eigenvalue weighted by molar-refractivity contribution is 0.615. The summed E-state index contributed by atoms with van der Waals surface area (Å²) < 4.78 is 4.13. The van der Waals surface area contributed by atoms with Crippen molar-refractivity contribution in [1.82, 2.24) is 19.3 Å². The summed E-state index contributed by atoms with van der Waals surface area (Å²) in [4.78, 5) is 6.01. The maximum atomic E-state index is 6.10. The van der Waals surface area contributed by atoms with E-state index in [1.807, 2.05) is 11.7 Å². The van der Waals surface area contributed by atoms with Gasteiger partial charge in [0, 0.05) is 11.9 Å². The lowest BCUT2D eigenvalue weighted by atomic mass is 10.2. The molecule has 4 nitrogen and oxygen atoms in total. The van der Waals surface area contributed by atoms with Crippen LogP contribution in [-0.4, -0.2) is 19.3 Å². The van der Waals surface area contributed by atoms with Crippen molar-refractivity contribution in [2.75, 3.05) is 0 Å². The summed E-state index contributed by atoms with van der Waals surface area (Å²) in [6.45, 7) is 4.28. The highest BCUT2D eigenvalue weighted by Crippen LogP contribution is 2.30. The Hall–Kier alpha value is -1.33. The second-order valence-electron chi connectivity index (χ2n) is 4.82. The zero-order chi connectivity index (χ0) is 14.3. The summed E-state index contributed by atoms with van der Waals surface area (Å²) >= 11 is 7.86. The number of fused-ring (bicyclic) bond motifs is 1. The van der Waals surface area contributed by atoms with Crippen molar-refractivity contribution in [1.29, 1.82) is 0 Å². The number of rotatable bonds is 4. The predicted molar refractivity (Wildman–Crippen MR) is 83.6 cm³/mol. The molecule has 1 unspecified atom stereocenters. The first kappa shape index (κ1) is 13.6. The minimum Gasteiger partial charge on any atom is -0.304 e. The van der Waals surface area contributed by atoms with Crippen molar-refractivity contribution in [3.8, 4) is 0 Å². The zero-order valence-corrected chi connectivity index (χ0v) is 13.4. The van der Waals surface area contributed by atoms with Crippen LogP contribution in [0.2, 0.25) is 0 Å². The van der Waals surface area contributed by atoms with Crippen LogP contribution in [0.15, 0.2) is 17.5 Å². The number of nitrogens with zero attached hydrogens (tertiary/aromatic N) is 4. The van der Waals surface area contributed by atoms with Gasteiger partial charge in [0.1, 0.15) is 11.3 Å². The minimum atomic E-state index is 0.217. The van der Waals surface area contributed by atoms with Gasteiger partial charge in [-0.2, -0.15) is 5.10 Å². The standard InChI is InChI=1S/C14H17ClN4S/c1-4-10-13-14(18(3)17-10)19(12(8-15)16-13)9(2)11-6-5-7-20-11/h5-7,9H,4,8H2,1-3H3. The Labute approximate surface area is 127 Å². The largest absolute Gasteiger partial charge is 0.304 e. The van der Waals surface area contributed by atoms with Crippen molar-refractivity contribution in [3.05, 3.63) is 33.9 Å². The van der Waals surface area contributed by atoms with E-state index in [9.17, 15) is 0 Å². The van der Waals surface area contributed by atoms with E-state index in [-0.39, 0.29) is 6.04 Å². The van der Waals surface area contributed by atoms with Gasteiger partial charge in [0.05, 0.1) is 17.6 Å². The average molecular weight is 309 g/mol. The van der Waals surface area contributed by atoms with E-state index in [1.165, 1.54) is 4.88 Å². The Bertz CT molecular complexity index is 726. The van der Waals surface area contributed by atoms with Gasteiger partial charge in [0.25, 0.3) is 0 Å². The van der Waals surface area contributed by atoms with E-state index in [0.29, 0.717) is 5.88 Å². The number of aryl methyl sites for hydroxylation is 2. The van der Waals surface area contributed by atoms with Crippen LogP contribution in [0.25, 0.3) is 11.2 Å². The molecule has 0 N–H and O–H groups in total. The maximum absolute atomic E-state index is 6.10. The summed E-state index contributed by atoms with van der Waals surface area (Å²) in [5.74, 6) is 1.32. The number of thiophene rings is 1. The number of imidazole rings is 1. The molecule has 0 radical (unpaired) electrons. The van der Waals surface area contributed by atoms with Crippen LogP contribution in [0.3, 0.4) is 0 Å². The van der Waals surface area contributed by atoms with Crippen molar-refractivity contribution in [3.63, 3.8) is 0 Å². The number of alkyl halides is 1. The Morgan fingerprint density at radius 2 is 2.25 bits per heavy atom. The number of hydrogen-bond donors (Lipinski definition) is 0. The second-order valence-corrected chi connectivity index (χ2v) is 6.07. The summed E-state index contributed by atoms with van der Waals surface area (Å²) in [7, 11) is 1.97. The van der Waals surface area contributed by atoms with E-state index >= 15 is 0 Å². The Morgan fingerprint density at radius 3 is 2.85 bits per heavy atom. The molecule has 1 atom stereocenters. The molecule has 0 aromatic carbocycles. The molecule has 3 heterocycles. The monoisotopic (exact) mass is 308 g/mol. The predicted octanol–water partition coefficient (Wildman–Crippen LogP) is 3.74. The Morgan fingerprint density at radius 1 is 1.45 bits per heavy atom. The molecular formula is C14H17ClN4S. The highest BCUT2D eigenvalue weighted by Gasteiger charge is 2.22. The van der Waals surface area contributed by atoms with Gasteiger partial charge in [-0.3, -0.25) is 4.68 Å². The van der Waals surface area contributed by atoms with Gasteiger partial charge in [0.15, 0.2) is 5.65 Å². The minimum absolute atomic E-state index is 0.217. The highest BCUT2D eigenvalue weighted by atomic mass is 35.5. The van der Waals surface area contributed by atoms with Gasteiger partial charge in [-0.05, 0) is 24.8 Å². The van der Waals surface area contributed by atoms with Crippen LogP contribution in [0.1, 0.15) is 36.3 Å². The molecule has 3 rings (SSSR count). The molecule has 20 heavy (non-hydrogen) atoms. The topological polar surface area (TPSA) is 35.6 Å². The van der Waals surface area contributed by atoms with Gasteiger partial charge in [-0.25, -0.2) is 4.98 Å². The molecule has 0 aliphatic carbocycles. The molecule has 0 saturated heterocycles. The van der Waals surface area contributed by atoms with Crippen LogP contribution >= 0.6 is 22.9 Å². The Balaban J connectivity index is 2.25. The smallest absolute Gasteiger partial charge is 0.159 e. The summed E-state index contributed by atoms with van der Waals surface area (Å²) in [6, 6.07) is 4.44. The van der Waals surface area contributed by atoms with Crippen LogP contribution in [0.5, 0.6) is 0 Å². The summed E-state index contributed by atoms with van der Waals surface area (Å²) in [6.07, 6.45) is 0.878. The normalized spacial score (nSPS) is 13.2. The van der Waals surface area contributed by atoms with E-state index in [1.54, 1.807) is 11.3 Å². The van der Waals surface area contributed by atoms with Gasteiger partial charge in [-0.15, -0.1) is 22.9 Å². The van der Waals surface area contributed by atoms with E-state index in [0.717, 1.165) is 29.1 Å². The summed E-state index contributed by atoms with van der Waals surface area (Å²) in [5, 5.41) is 6.66. The first-order valence-electron chi connectivity index (χ1n) is 6.69. The molecule has 0 fully saturated rings. The lowest BCUT2D eigenvalue weighted by Gasteiger charge is -2.15. The first-order chi connectivity index (χ1) is 9.67. The molecule has 0 bridgehead atoms. The van der Waals surface area contributed by atoms with Crippen LogP contribution < -0.4 is 0 Å². The van der Waals surface area contributed by atoms with E-state index in [4.69, 9.17) is 16.6 Å². The molecule has 0 amide bonds. The van der Waals surface area contributed by atoms with Crippen LogP contribution in [0.4, 0.5) is 0 Å². The molecular weight excluding hydrogens is 292 g/mol. The van der Waals surface area contributed by atoms with Gasteiger partial charge in [-0.1, -0.05) is 13.0 Å². The quantitative estimate of drug-likeness (QED) is 0.688. The fourth-order valence-electron chi connectivity index (χ4n) is 2.64. The van der Waals surface area contributed by atoms with Crippen molar-refractivity contribution >= 4 is 34.1 Å². The molecule has 0 saturated carbocycles. The fourth-order valence-corrected chi connectivity index (χ4v) is 3.61. The SMILES string of the molecule is CCc1nn(C)c2c1nc(CCl)n2C(C)c1cccs1. The fraction of sp³-hybridized carbons (Fsp3) is 0.429. The van der Waals surface area contributed by atoms with E-state index < -0.39 is 0 Å². The van der Waals surface area contributed by atoms with Crippen molar-refractivity contribution in [2.24, 2.45) is 7.05 Å². The molecule has 106 valence electrons. The van der Waals surface area contributed by atoms with Crippen molar-refractivity contribution in [2.45, 2.75) is 32.2 Å².